The molecule has 0 heterocycles. The minimum Gasteiger partial charge on any atom is -0.0622 e. The summed E-state index contributed by atoms with van der Waals surface area (Å²) >= 11 is 0. The van der Waals surface area contributed by atoms with Crippen LogP contribution in [0.2, 0.25) is 0 Å². The normalized spacial score (nSPS) is 17.9. The van der Waals surface area contributed by atoms with Crippen molar-refractivity contribution in [2.24, 2.45) is 0 Å². The molecule has 0 fully saturated rings. The molecule has 0 aliphatic heterocycles. The molecule has 0 atom stereocenters. The topological polar surface area (TPSA) is 0 Å². The molecular weight excluding hydrogens is 432 g/mol. The van der Waals surface area contributed by atoms with Crippen LogP contribution in [0.4, 0.5) is 0 Å². The van der Waals surface area contributed by atoms with Crippen molar-refractivity contribution in [3.8, 4) is 33.4 Å². The highest BCUT2D eigenvalue weighted by Gasteiger charge is 2.16. The van der Waals surface area contributed by atoms with Gasteiger partial charge in [0.15, 0.2) is 0 Å². The van der Waals surface area contributed by atoms with Gasteiger partial charge in [-0.2, -0.15) is 0 Å². The molecule has 168 valence electrons. The predicted molar refractivity (Wildman–Crippen MR) is 155 cm³/mol. The first-order valence-electron chi connectivity index (χ1n) is 19.6. The molecule has 0 radical (unpaired) electrons. The highest BCUT2D eigenvalue weighted by molar-refractivity contribution is 6.21. The zero-order chi connectivity index (χ0) is 38.7. The van der Waals surface area contributed by atoms with Gasteiger partial charge in [0.1, 0.15) is 0 Å². The lowest BCUT2D eigenvalue weighted by atomic mass is 9.85. The Morgan fingerprint density at radius 1 is 0.361 bits per heavy atom. The monoisotopic (exact) mass is 473 g/mol. The van der Waals surface area contributed by atoms with Gasteiger partial charge >= 0.3 is 0 Å². The summed E-state index contributed by atoms with van der Waals surface area (Å²) in [4.78, 5) is 0. The number of hydrogen-bond donors (Lipinski definition) is 0. The van der Waals surface area contributed by atoms with Crippen molar-refractivity contribution in [2.45, 2.75) is 0 Å². The van der Waals surface area contributed by atoms with Crippen LogP contribution < -0.4 is 0 Å². The van der Waals surface area contributed by atoms with E-state index in [-0.39, 0.29) is 5.56 Å². The average Bonchev–Trinajstić information content (AvgIpc) is 3.15. The number of fused-ring (bicyclic) bond motifs is 3. The standard InChI is InChI=1S/C36H24/c1-2-12-27(13-3-1)35-31-16-6-8-18-33(31)36(34-19-9-7-17-32(34)35)28-23-21-26(22-24-28)30-20-10-14-25-11-4-5-15-29(25)30/h1-24H/i1D,2D,3D,6D,7D,8D,9D,12D,13D,16D,17D,18D,19D,21D,22D,23D,24D. The van der Waals surface area contributed by atoms with Crippen LogP contribution in [-0.2, 0) is 0 Å². The Balaban J connectivity index is 1.81. The minimum absolute atomic E-state index is 0.0753. The van der Waals surface area contributed by atoms with Crippen LogP contribution in [0.15, 0.2) is 145 Å². The molecule has 0 amide bonds. The summed E-state index contributed by atoms with van der Waals surface area (Å²) in [6, 6.07) is -0.514. The fourth-order valence-corrected chi connectivity index (χ4v) is 4.52. The highest BCUT2D eigenvalue weighted by atomic mass is 14.2. The Kier molecular flexibility index (Phi) is 2.31. The Hall–Kier alpha value is -4.68. The van der Waals surface area contributed by atoms with Gasteiger partial charge in [-0.1, -0.05) is 145 Å². The molecule has 0 spiro atoms. The summed E-state index contributed by atoms with van der Waals surface area (Å²) in [6.07, 6.45) is 0. The van der Waals surface area contributed by atoms with Crippen LogP contribution in [0.5, 0.6) is 0 Å². The van der Waals surface area contributed by atoms with Gasteiger partial charge in [0.05, 0.1) is 23.3 Å². The van der Waals surface area contributed by atoms with Crippen LogP contribution in [0.1, 0.15) is 23.3 Å². The van der Waals surface area contributed by atoms with Crippen molar-refractivity contribution in [1.82, 2.24) is 0 Å². The average molecular weight is 474 g/mol. The molecule has 0 saturated carbocycles. The first kappa shape index (κ1) is 9.76. The summed E-state index contributed by atoms with van der Waals surface area (Å²) < 4.78 is 150. The maximum absolute atomic E-state index is 9.32. The van der Waals surface area contributed by atoms with Gasteiger partial charge in [0.25, 0.3) is 0 Å². The van der Waals surface area contributed by atoms with Crippen molar-refractivity contribution in [2.75, 3.05) is 0 Å². The SMILES string of the molecule is [2H]c1c([2H])c([2H])c(-c2c3c([2H])c([2H])c([2H])c([2H])c3c(-c3c([2H])c([2H])c(-c4cccc5ccccc45)c([2H])c3[2H])c3c([2H])c([2H])c([2H])c([2H])c23)c([2H])c1[2H]. The summed E-state index contributed by atoms with van der Waals surface area (Å²) in [5.74, 6) is 0. The van der Waals surface area contributed by atoms with Gasteiger partial charge < -0.3 is 0 Å². The molecule has 7 aromatic rings. The van der Waals surface area contributed by atoms with E-state index in [9.17, 15) is 5.48 Å². The zero-order valence-electron chi connectivity index (χ0n) is 35.5. The van der Waals surface area contributed by atoms with Crippen molar-refractivity contribution < 1.29 is 23.3 Å². The molecule has 0 aliphatic carbocycles. The summed E-state index contributed by atoms with van der Waals surface area (Å²) in [5, 5.41) is -0.596. The summed E-state index contributed by atoms with van der Waals surface area (Å²) in [7, 11) is 0. The summed E-state index contributed by atoms with van der Waals surface area (Å²) in [5.41, 5.74) is -1.79. The van der Waals surface area contributed by atoms with Gasteiger partial charge in [0, 0.05) is 0 Å². The van der Waals surface area contributed by atoms with E-state index in [1.165, 1.54) is 0 Å². The zero-order valence-corrected chi connectivity index (χ0v) is 18.5. The molecular formula is C36H24. The van der Waals surface area contributed by atoms with Crippen molar-refractivity contribution in [3.63, 3.8) is 0 Å². The lowest BCUT2D eigenvalue weighted by Crippen LogP contribution is -1.90. The second-order valence-corrected chi connectivity index (χ2v) is 8.03. The van der Waals surface area contributed by atoms with Crippen LogP contribution in [0.25, 0.3) is 65.7 Å². The summed E-state index contributed by atoms with van der Waals surface area (Å²) in [6.45, 7) is 0. The molecule has 0 nitrogen and oxygen atoms in total. The molecule has 0 unspecified atom stereocenters. The van der Waals surface area contributed by atoms with Crippen molar-refractivity contribution in [1.29, 1.82) is 0 Å². The van der Waals surface area contributed by atoms with E-state index >= 15 is 0 Å². The molecule has 0 aliphatic rings. The third-order valence-corrected chi connectivity index (χ3v) is 6.06. The molecule has 7 rings (SSSR count). The van der Waals surface area contributed by atoms with E-state index in [0.717, 1.165) is 5.39 Å². The van der Waals surface area contributed by atoms with Crippen LogP contribution in [0, 0.1) is 0 Å². The van der Waals surface area contributed by atoms with E-state index in [1.807, 2.05) is 12.1 Å². The lowest BCUT2D eigenvalue weighted by Gasteiger charge is -2.18. The Morgan fingerprint density at radius 3 is 1.44 bits per heavy atom. The third-order valence-electron chi connectivity index (χ3n) is 6.06. The minimum atomic E-state index is -0.812. The predicted octanol–water partition coefficient (Wildman–Crippen LogP) is 10.1. The molecule has 0 heteroatoms. The Bertz CT molecular complexity index is 2660. The third kappa shape index (κ3) is 3.31. The molecule has 36 heavy (non-hydrogen) atoms. The van der Waals surface area contributed by atoms with Crippen LogP contribution >= 0.6 is 0 Å². The first-order valence-corrected chi connectivity index (χ1v) is 11.1. The van der Waals surface area contributed by atoms with Gasteiger partial charge in [0.2, 0.25) is 0 Å². The fourth-order valence-electron chi connectivity index (χ4n) is 4.52. The number of rotatable bonds is 3. The molecule has 0 bridgehead atoms. The first-order chi connectivity index (χ1) is 24.9. The second kappa shape index (κ2) is 8.52. The van der Waals surface area contributed by atoms with E-state index in [4.69, 9.17) is 17.8 Å². The van der Waals surface area contributed by atoms with Crippen molar-refractivity contribution in [3.05, 3.63) is 145 Å². The lowest BCUT2D eigenvalue weighted by molar-refractivity contribution is 1.63. The number of hydrogen-bond acceptors (Lipinski definition) is 0. The van der Waals surface area contributed by atoms with E-state index in [2.05, 4.69) is 0 Å². The number of benzene rings is 7. The smallest absolute Gasteiger partial charge is 0.0622 e. The van der Waals surface area contributed by atoms with Gasteiger partial charge in [-0.15, -0.1) is 0 Å². The Morgan fingerprint density at radius 2 is 0.833 bits per heavy atom. The van der Waals surface area contributed by atoms with E-state index in [0.29, 0.717) is 10.9 Å². The van der Waals surface area contributed by atoms with E-state index < -0.39 is 147 Å². The quantitative estimate of drug-likeness (QED) is 0.224. The Labute approximate surface area is 235 Å². The molecule has 7 aromatic carbocycles. The second-order valence-electron chi connectivity index (χ2n) is 8.03. The van der Waals surface area contributed by atoms with E-state index in [1.54, 1.807) is 30.3 Å². The fraction of sp³-hybridized carbons (Fsp3) is 0. The maximum atomic E-state index is 9.32. The van der Waals surface area contributed by atoms with Crippen molar-refractivity contribution >= 4 is 32.3 Å². The van der Waals surface area contributed by atoms with Gasteiger partial charge in [-0.25, -0.2) is 0 Å². The molecule has 0 N–H and O–H groups in total. The largest absolute Gasteiger partial charge is 0.0629 e. The van der Waals surface area contributed by atoms with Crippen LogP contribution in [0.3, 0.4) is 0 Å². The molecule has 0 aromatic heterocycles. The maximum Gasteiger partial charge on any atom is 0.0629 e. The molecule has 0 saturated heterocycles. The highest BCUT2D eigenvalue weighted by Crippen LogP contribution is 2.43. The van der Waals surface area contributed by atoms with Gasteiger partial charge in [-0.3, -0.25) is 0 Å². The van der Waals surface area contributed by atoms with Crippen LogP contribution in [-0.4, -0.2) is 0 Å². The van der Waals surface area contributed by atoms with Gasteiger partial charge in [-0.05, 0) is 65.7 Å².